The third kappa shape index (κ3) is 4.92. The minimum absolute atomic E-state index is 0.0208. The Balaban J connectivity index is 2.02. The third-order valence-electron chi connectivity index (χ3n) is 3.72. The molecule has 0 saturated carbocycles. The summed E-state index contributed by atoms with van der Waals surface area (Å²) in [5.74, 6) is -0.405. The quantitative estimate of drug-likeness (QED) is 0.866. The van der Waals surface area contributed by atoms with Crippen LogP contribution in [0.15, 0.2) is 30.3 Å². The van der Waals surface area contributed by atoms with E-state index in [1.54, 1.807) is 0 Å². The molecule has 7 heteroatoms. The molecule has 24 heavy (non-hydrogen) atoms. The lowest BCUT2D eigenvalue weighted by atomic mass is 10.1. The smallest absolute Gasteiger partial charge is 0.221 e. The number of nitrogens with zero attached hydrogens (tertiary/aromatic N) is 2. The van der Waals surface area contributed by atoms with Crippen LogP contribution in [0.25, 0.3) is 5.69 Å². The van der Waals surface area contributed by atoms with Gasteiger partial charge in [-0.1, -0.05) is 12.1 Å². The molecule has 0 aliphatic carbocycles. The van der Waals surface area contributed by atoms with Gasteiger partial charge < -0.3 is 5.32 Å². The van der Waals surface area contributed by atoms with Gasteiger partial charge in [0.2, 0.25) is 5.91 Å². The predicted octanol–water partition coefficient (Wildman–Crippen LogP) is 2.10. The van der Waals surface area contributed by atoms with Crippen molar-refractivity contribution < 1.29 is 13.2 Å². The molecule has 0 radical (unpaired) electrons. The highest BCUT2D eigenvalue weighted by atomic mass is 32.2. The maximum Gasteiger partial charge on any atom is 0.221 e. The summed E-state index contributed by atoms with van der Waals surface area (Å²) in [5.41, 5.74) is 3.93. The van der Waals surface area contributed by atoms with E-state index in [1.165, 1.54) is 0 Å². The van der Waals surface area contributed by atoms with Gasteiger partial charge in [-0.3, -0.25) is 4.79 Å². The standard InChI is InChI=1S/C17H23N3O3S/c1-12-11-13(2)20(19-12)16-7-5-15(6-8-16)14(3)18-17(21)9-10-24(4,22)23/h5-8,11,14H,9-10H2,1-4H3,(H,18,21). The van der Waals surface area contributed by atoms with Crippen molar-refractivity contribution in [1.29, 1.82) is 0 Å². The first-order chi connectivity index (χ1) is 11.2. The number of benzene rings is 1. The van der Waals surface area contributed by atoms with Crippen molar-refractivity contribution in [1.82, 2.24) is 15.1 Å². The van der Waals surface area contributed by atoms with Crippen molar-refractivity contribution in [3.05, 3.63) is 47.3 Å². The molecule has 2 aromatic rings. The summed E-state index contributed by atoms with van der Waals surface area (Å²) in [4.78, 5) is 11.8. The number of sulfone groups is 1. The van der Waals surface area contributed by atoms with Gasteiger partial charge in [-0.2, -0.15) is 5.10 Å². The Morgan fingerprint density at radius 1 is 1.25 bits per heavy atom. The van der Waals surface area contributed by atoms with E-state index < -0.39 is 9.84 Å². The molecule has 2 rings (SSSR count). The molecule has 0 aliphatic rings. The Hall–Kier alpha value is -2.15. The molecular formula is C17H23N3O3S. The molecule has 130 valence electrons. The molecule has 1 N–H and O–H groups in total. The zero-order chi connectivity index (χ0) is 17.9. The van der Waals surface area contributed by atoms with Gasteiger partial charge in [0.05, 0.1) is 23.2 Å². The monoisotopic (exact) mass is 349 g/mol. The van der Waals surface area contributed by atoms with Gasteiger partial charge >= 0.3 is 0 Å². The lowest BCUT2D eigenvalue weighted by Crippen LogP contribution is -2.28. The number of hydrogen-bond acceptors (Lipinski definition) is 4. The molecule has 0 fully saturated rings. The Bertz CT molecular complexity index is 823. The average molecular weight is 349 g/mol. The number of nitrogens with one attached hydrogen (secondary N) is 1. The molecular weight excluding hydrogens is 326 g/mol. The lowest BCUT2D eigenvalue weighted by molar-refractivity contribution is -0.121. The number of amides is 1. The molecule has 0 aliphatic heterocycles. The number of hydrogen-bond donors (Lipinski definition) is 1. The van der Waals surface area contributed by atoms with Crippen molar-refractivity contribution in [2.75, 3.05) is 12.0 Å². The predicted molar refractivity (Wildman–Crippen MR) is 93.9 cm³/mol. The number of carbonyl (C=O) groups is 1. The highest BCUT2D eigenvalue weighted by Gasteiger charge is 2.12. The largest absolute Gasteiger partial charge is 0.350 e. The van der Waals surface area contributed by atoms with Crippen LogP contribution in [0.3, 0.4) is 0 Å². The highest BCUT2D eigenvalue weighted by molar-refractivity contribution is 7.90. The normalized spacial score (nSPS) is 12.8. The number of aryl methyl sites for hydroxylation is 2. The zero-order valence-electron chi connectivity index (χ0n) is 14.4. The summed E-state index contributed by atoms with van der Waals surface area (Å²) in [5, 5.41) is 7.26. The molecule has 6 nitrogen and oxygen atoms in total. The average Bonchev–Trinajstić information content (AvgIpc) is 2.83. The van der Waals surface area contributed by atoms with Crippen LogP contribution in [-0.2, 0) is 14.6 Å². The topological polar surface area (TPSA) is 81.1 Å². The Morgan fingerprint density at radius 3 is 2.38 bits per heavy atom. The van der Waals surface area contributed by atoms with Crippen LogP contribution in [0.1, 0.15) is 36.3 Å². The van der Waals surface area contributed by atoms with E-state index in [1.807, 2.05) is 55.8 Å². The van der Waals surface area contributed by atoms with Crippen LogP contribution >= 0.6 is 0 Å². The van der Waals surface area contributed by atoms with Crippen molar-refractivity contribution in [3.8, 4) is 5.69 Å². The fraction of sp³-hybridized carbons (Fsp3) is 0.412. The second kappa shape index (κ2) is 7.17. The Morgan fingerprint density at radius 2 is 1.88 bits per heavy atom. The van der Waals surface area contributed by atoms with E-state index in [0.717, 1.165) is 28.9 Å². The van der Waals surface area contributed by atoms with Gasteiger partial charge in [0.25, 0.3) is 0 Å². The first kappa shape index (κ1) is 18.2. The maximum absolute atomic E-state index is 11.8. The van der Waals surface area contributed by atoms with Crippen LogP contribution in [0.4, 0.5) is 0 Å². The summed E-state index contributed by atoms with van der Waals surface area (Å²) in [7, 11) is -3.13. The van der Waals surface area contributed by atoms with Crippen molar-refractivity contribution in [3.63, 3.8) is 0 Å². The van der Waals surface area contributed by atoms with Gasteiger partial charge in [-0.25, -0.2) is 13.1 Å². The molecule has 1 atom stereocenters. The second-order valence-corrected chi connectivity index (χ2v) is 8.36. The van der Waals surface area contributed by atoms with Crippen LogP contribution in [0.2, 0.25) is 0 Å². The minimum atomic E-state index is -3.13. The minimum Gasteiger partial charge on any atom is -0.350 e. The summed E-state index contributed by atoms with van der Waals surface area (Å²) in [6.07, 6.45) is 1.11. The van der Waals surface area contributed by atoms with Crippen molar-refractivity contribution in [2.24, 2.45) is 0 Å². The van der Waals surface area contributed by atoms with E-state index >= 15 is 0 Å². The molecule has 1 amide bonds. The van der Waals surface area contributed by atoms with Crippen LogP contribution in [-0.4, -0.2) is 36.1 Å². The lowest BCUT2D eigenvalue weighted by Gasteiger charge is -2.15. The van der Waals surface area contributed by atoms with Gasteiger partial charge in [0.15, 0.2) is 0 Å². The summed E-state index contributed by atoms with van der Waals surface area (Å²) in [6.45, 7) is 5.82. The summed E-state index contributed by atoms with van der Waals surface area (Å²) >= 11 is 0. The third-order valence-corrected chi connectivity index (χ3v) is 4.67. The van der Waals surface area contributed by atoms with Crippen LogP contribution < -0.4 is 5.32 Å². The molecule has 1 aromatic carbocycles. The van der Waals surface area contributed by atoms with Crippen LogP contribution in [0, 0.1) is 13.8 Å². The first-order valence-corrected chi connectivity index (χ1v) is 9.82. The van der Waals surface area contributed by atoms with Crippen molar-refractivity contribution >= 4 is 15.7 Å². The van der Waals surface area contributed by atoms with Crippen LogP contribution in [0.5, 0.6) is 0 Å². The molecule has 0 spiro atoms. The van der Waals surface area contributed by atoms with E-state index in [0.29, 0.717) is 0 Å². The molecule has 1 unspecified atom stereocenters. The number of carbonyl (C=O) groups excluding carboxylic acids is 1. The summed E-state index contributed by atoms with van der Waals surface area (Å²) in [6, 6.07) is 9.60. The molecule has 1 aromatic heterocycles. The van der Waals surface area contributed by atoms with Gasteiger partial charge in [0.1, 0.15) is 9.84 Å². The molecule has 0 saturated heterocycles. The van der Waals surface area contributed by atoms with Gasteiger partial charge in [-0.05, 0) is 44.5 Å². The second-order valence-electron chi connectivity index (χ2n) is 6.10. The highest BCUT2D eigenvalue weighted by Crippen LogP contribution is 2.17. The van der Waals surface area contributed by atoms with E-state index in [9.17, 15) is 13.2 Å². The fourth-order valence-electron chi connectivity index (χ4n) is 2.47. The van der Waals surface area contributed by atoms with Crippen molar-refractivity contribution in [2.45, 2.75) is 33.2 Å². The molecule has 0 bridgehead atoms. The maximum atomic E-state index is 11.8. The Kier molecular flexibility index (Phi) is 5.43. The first-order valence-electron chi connectivity index (χ1n) is 7.76. The Labute approximate surface area is 142 Å². The SMILES string of the molecule is Cc1cc(C)n(-c2ccc(C(C)NC(=O)CCS(C)(=O)=O)cc2)n1. The van der Waals surface area contributed by atoms with Gasteiger partial charge in [-0.15, -0.1) is 0 Å². The van der Waals surface area contributed by atoms with E-state index in [2.05, 4.69) is 10.4 Å². The fourth-order valence-corrected chi connectivity index (χ4v) is 3.03. The number of aromatic nitrogens is 2. The molecule has 1 heterocycles. The number of rotatable bonds is 6. The summed E-state index contributed by atoms with van der Waals surface area (Å²) < 4.78 is 24.1. The zero-order valence-corrected chi connectivity index (χ0v) is 15.2. The van der Waals surface area contributed by atoms with E-state index in [4.69, 9.17) is 0 Å². The van der Waals surface area contributed by atoms with E-state index in [-0.39, 0.29) is 24.1 Å². The van der Waals surface area contributed by atoms with Gasteiger partial charge in [0, 0.05) is 18.4 Å².